The van der Waals surface area contributed by atoms with Gasteiger partial charge in [-0.25, -0.2) is 9.48 Å². The van der Waals surface area contributed by atoms with E-state index in [1.165, 1.54) is 0 Å². The maximum Gasteiger partial charge on any atom is 0.317 e. The Bertz CT molecular complexity index is 1020. The third-order valence-corrected chi connectivity index (χ3v) is 4.92. The number of nitrogens with one attached hydrogen (secondary N) is 1. The van der Waals surface area contributed by atoms with E-state index in [0.29, 0.717) is 43.6 Å². The number of rotatable bonds is 10. The number of benzene rings is 2. The van der Waals surface area contributed by atoms with Crippen molar-refractivity contribution in [3.05, 3.63) is 65.9 Å². The second-order valence-electron chi connectivity index (χ2n) is 7.15. The Morgan fingerprint density at radius 1 is 1.09 bits per heavy atom. The molecule has 2 aromatic carbocycles. The first-order valence-electron chi connectivity index (χ1n) is 10.5. The number of amides is 2. The number of ether oxygens (including phenoxy) is 3. The maximum absolute atomic E-state index is 12.7. The Labute approximate surface area is 188 Å². The molecule has 3 rings (SSSR count). The minimum absolute atomic E-state index is 0.163. The van der Waals surface area contributed by atoms with Crippen LogP contribution >= 0.6 is 0 Å². The van der Waals surface area contributed by atoms with Crippen molar-refractivity contribution in [3.63, 3.8) is 0 Å². The van der Waals surface area contributed by atoms with Crippen molar-refractivity contribution in [2.24, 2.45) is 0 Å². The summed E-state index contributed by atoms with van der Waals surface area (Å²) in [7, 11) is 3.23. The Balaban J connectivity index is 2.03. The van der Waals surface area contributed by atoms with Crippen LogP contribution in [-0.4, -0.2) is 54.6 Å². The first-order chi connectivity index (χ1) is 15.6. The lowest BCUT2D eigenvalue weighted by atomic mass is 10.2. The molecular formula is C24H30N4O4. The monoisotopic (exact) mass is 438 g/mol. The second-order valence-corrected chi connectivity index (χ2v) is 7.15. The van der Waals surface area contributed by atoms with E-state index < -0.39 is 0 Å². The van der Waals surface area contributed by atoms with Crippen LogP contribution in [0.25, 0.3) is 5.69 Å². The standard InChI is InChI=1S/C24H30N4O4/c1-5-25-24(29)27(14-15-30-3)17-22-18(2)26-28(19-10-7-6-8-11-19)23(22)32-21-13-9-12-20(16-21)31-4/h6-13,16H,5,14-15,17H2,1-4H3,(H,25,29). The molecule has 0 aliphatic carbocycles. The molecule has 0 atom stereocenters. The summed E-state index contributed by atoms with van der Waals surface area (Å²) in [6, 6.07) is 17.0. The summed E-state index contributed by atoms with van der Waals surface area (Å²) in [6.45, 7) is 5.54. The van der Waals surface area contributed by atoms with Gasteiger partial charge in [-0.15, -0.1) is 0 Å². The van der Waals surface area contributed by atoms with Crippen molar-refractivity contribution in [2.75, 3.05) is 33.9 Å². The van der Waals surface area contributed by atoms with Crippen LogP contribution < -0.4 is 14.8 Å². The van der Waals surface area contributed by atoms with Gasteiger partial charge in [0.1, 0.15) is 11.5 Å². The number of urea groups is 1. The van der Waals surface area contributed by atoms with E-state index >= 15 is 0 Å². The summed E-state index contributed by atoms with van der Waals surface area (Å²) >= 11 is 0. The number of methoxy groups -OCH3 is 2. The zero-order chi connectivity index (χ0) is 22.9. The van der Waals surface area contributed by atoms with E-state index in [9.17, 15) is 4.79 Å². The van der Waals surface area contributed by atoms with Crippen molar-refractivity contribution in [3.8, 4) is 23.1 Å². The third kappa shape index (κ3) is 5.59. The summed E-state index contributed by atoms with van der Waals surface area (Å²) < 4.78 is 18.6. The Morgan fingerprint density at radius 3 is 2.53 bits per heavy atom. The maximum atomic E-state index is 12.7. The highest BCUT2D eigenvalue weighted by Gasteiger charge is 2.23. The molecule has 170 valence electrons. The van der Waals surface area contributed by atoms with Crippen LogP contribution in [0, 0.1) is 6.92 Å². The zero-order valence-corrected chi connectivity index (χ0v) is 19.0. The number of carbonyl (C=O) groups excluding carboxylic acids is 1. The number of carbonyl (C=O) groups is 1. The molecule has 0 unspecified atom stereocenters. The molecule has 1 aromatic heterocycles. The number of nitrogens with zero attached hydrogens (tertiary/aromatic N) is 3. The summed E-state index contributed by atoms with van der Waals surface area (Å²) in [5, 5.41) is 7.59. The molecule has 0 fully saturated rings. The van der Waals surface area contributed by atoms with Gasteiger partial charge in [-0.05, 0) is 38.1 Å². The number of hydrogen-bond donors (Lipinski definition) is 1. The molecule has 0 spiro atoms. The lowest BCUT2D eigenvalue weighted by molar-refractivity contribution is 0.146. The van der Waals surface area contributed by atoms with Crippen LogP contribution in [0.4, 0.5) is 4.79 Å². The van der Waals surface area contributed by atoms with Gasteiger partial charge in [0.05, 0.1) is 37.2 Å². The van der Waals surface area contributed by atoms with Gasteiger partial charge in [0.2, 0.25) is 5.88 Å². The number of aromatic nitrogens is 2. The van der Waals surface area contributed by atoms with Gasteiger partial charge in [0.25, 0.3) is 0 Å². The topological polar surface area (TPSA) is 77.9 Å². The van der Waals surface area contributed by atoms with Gasteiger partial charge < -0.3 is 24.4 Å². The highest BCUT2D eigenvalue weighted by atomic mass is 16.5. The average molecular weight is 439 g/mol. The average Bonchev–Trinajstić information content (AvgIpc) is 3.12. The normalized spacial score (nSPS) is 10.6. The predicted molar refractivity (Wildman–Crippen MR) is 123 cm³/mol. The van der Waals surface area contributed by atoms with Crippen LogP contribution in [-0.2, 0) is 11.3 Å². The van der Waals surface area contributed by atoms with E-state index in [4.69, 9.17) is 19.3 Å². The lowest BCUT2D eigenvalue weighted by Crippen LogP contribution is -2.41. The molecule has 0 aliphatic rings. The molecule has 0 saturated heterocycles. The molecule has 0 radical (unpaired) electrons. The lowest BCUT2D eigenvalue weighted by Gasteiger charge is -2.23. The Kier molecular flexibility index (Phi) is 8.10. The second kappa shape index (κ2) is 11.2. The minimum atomic E-state index is -0.163. The number of aryl methyl sites for hydroxylation is 1. The summed E-state index contributed by atoms with van der Waals surface area (Å²) in [6.07, 6.45) is 0. The highest BCUT2D eigenvalue weighted by molar-refractivity contribution is 5.74. The molecule has 1 N–H and O–H groups in total. The van der Waals surface area contributed by atoms with Crippen LogP contribution in [0.2, 0.25) is 0 Å². The summed E-state index contributed by atoms with van der Waals surface area (Å²) in [4.78, 5) is 14.4. The van der Waals surface area contributed by atoms with Gasteiger partial charge >= 0.3 is 6.03 Å². The molecule has 8 heteroatoms. The van der Waals surface area contributed by atoms with E-state index in [2.05, 4.69) is 5.32 Å². The number of para-hydroxylation sites is 1. The van der Waals surface area contributed by atoms with E-state index in [1.54, 1.807) is 23.8 Å². The van der Waals surface area contributed by atoms with Gasteiger partial charge in [0, 0.05) is 26.3 Å². The van der Waals surface area contributed by atoms with E-state index in [0.717, 1.165) is 16.9 Å². The van der Waals surface area contributed by atoms with E-state index in [1.807, 2.05) is 68.4 Å². The molecule has 1 heterocycles. The molecule has 2 amide bonds. The van der Waals surface area contributed by atoms with Crippen LogP contribution in [0.15, 0.2) is 54.6 Å². The van der Waals surface area contributed by atoms with Gasteiger partial charge in [-0.3, -0.25) is 0 Å². The fraction of sp³-hybridized carbons (Fsp3) is 0.333. The molecule has 0 saturated carbocycles. The SMILES string of the molecule is CCNC(=O)N(CCOC)Cc1c(C)nn(-c2ccccc2)c1Oc1cccc(OC)c1. The molecule has 0 aliphatic heterocycles. The summed E-state index contributed by atoms with van der Waals surface area (Å²) in [5.74, 6) is 1.85. The van der Waals surface area contributed by atoms with Gasteiger partial charge in [-0.1, -0.05) is 24.3 Å². The fourth-order valence-corrected chi connectivity index (χ4v) is 3.25. The van der Waals surface area contributed by atoms with Crippen molar-refractivity contribution in [1.82, 2.24) is 20.0 Å². The molecule has 32 heavy (non-hydrogen) atoms. The first kappa shape index (κ1) is 23.1. The molecule has 3 aromatic rings. The predicted octanol–water partition coefficient (Wildman–Crippen LogP) is 4.16. The fourth-order valence-electron chi connectivity index (χ4n) is 3.25. The first-order valence-corrected chi connectivity index (χ1v) is 10.5. The molecule has 0 bridgehead atoms. The van der Waals surface area contributed by atoms with Gasteiger partial charge in [-0.2, -0.15) is 5.10 Å². The van der Waals surface area contributed by atoms with Crippen LogP contribution in [0.3, 0.4) is 0 Å². The summed E-state index contributed by atoms with van der Waals surface area (Å²) in [5.41, 5.74) is 2.46. The molecular weight excluding hydrogens is 408 g/mol. The van der Waals surface area contributed by atoms with Crippen molar-refractivity contribution in [1.29, 1.82) is 0 Å². The molecule has 8 nitrogen and oxygen atoms in total. The third-order valence-electron chi connectivity index (χ3n) is 4.92. The Morgan fingerprint density at radius 2 is 1.84 bits per heavy atom. The highest BCUT2D eigenvalue weighted by Crippen LogP contribution is 2.32. The minimum Gasteiger partial charge on any atom is -0.497 e. The van der Waals surface area contributed by atoms with Crippen molar-refractivity contribution >= 4 is 6.03 Å². The van der Waals surface area contributed by atoms with Gasteiger partial charge in [0.15, 0.2) is 0 Å². The van der Waals surface area contributed by atoms with Crippen LogP contribution in [0.5, 0.6) is 17.4 Å². The van der Waals surface area contributed by atoms with Crippen LogP contribution in [0.1, 0.15) is 18.2 Å². The number of hydrogen-bond acceptors (Lipinski definition) is 5. The zero-order valence-electron chi connectivity index (χ0n) is 19.0. The van der Waals surface area contributed by atoms with Crippen molar-refractivity contribution < 1.29 is 19.0 Å². The Hall–Kier alpha value is -3.52. The van der Waals surface area contributed by atoms with Crippen molar-refractivity contribution in [2.45, 2.75) is 20.4 Å². The quantitative estimate of drug-likeness (QED) is 0.514. The largest absolute Gasteiger partial charge is 0.497 e. The smallest absolute Gasteiger partial charge is 0.317 e. The van der Waals surface area contributed by atoms with E-state index in [-0.39, 0.29) is 6.03 Å².